The fourth-order valence-corrected chi connectivity index (χ4v) is 2.68. The molecule has 1 aromatic carbocycles. The van der Waals surface area contributed by atoms with E-state index in [4.69, 9.17) is 0 Å². The Kier molecular flexibility index (Phi) is 5.50. The minimum atomic E-state index is -3.66. The van der Waals surface area contributed by atoms with E-state index in [0.717, 1.165) is 12.0 Å². The normalized spacial score (nSPS) is 13.0. The molecule has 0 aromatic heterocycles. The van der Waals surface area contributed by atoms with Crippen molar-refractivity contribution >= 4 is 15.9 Å². The van der Waals surface area contributed by atoms with Crippen molar-refractivity contribution in [1.29, 1.82) is 0 Å². The van der Waals surface area contributed by atoms with Crippen LogP contribution in [-0.2, 0) is 14.8 Å². The van der Waals surface area contributed by atoms with E-state index >= 15 is 0 Å². The van der Waals surface area contributed by atoms with Gasteiger partial charge in [-0.25, -0.2) is 8.42 Å². The van der Waals surface area contributed by atoms with Crippen LogP contribution in [0, 0.1) is 6.92 Å². The van der Waals surface area contributed by atoms with Gasteiger partial charge in [-0.2, -0.15) is 4.72 Å². The monoisotopic (exact) mass is 284 g/mol. The molecule has 1 amide bonds. The van der Waals surface area contributed by atoms with Crippen molar-refractivity contribution in [3.05, 3.63) is 29.8 Å². The van der Waals surface area contributed by atoms with Crippen molar-refractivity contribution in [3.8, 4) is 0 Å². The molecule has 0 unspecified atom stereocenters. The number of sulfonamides is 1. The van der Waals surface area contributed by atoms with E-state index < -0.39 is 16.1 Å². The number of hydrogen-bond donors (Lipinski definition) is 2. The number of carbonyl (C=O) groups is 1. The van der Waals surface area contributed by atoms with Gasteiger partial charge in [-0.15, -0.1) is 0 Å². The first-order valence-electron chi connectivity index (χ1n) is 6.23. The minimum Gasteiger partial charge on any atom is -0.355 e. The van der Waals surface area contributed by atoms with Gasteiger partial charge in [0.25, 0.3) is 0 Å². The third kappa shape index (κ3) is 4.65. The Bertz CT molecular complexity index is 523. The molecule has 1 atom stereocenters. The summed E-state index contributed by atoms with van der Waals surface area (Å²) >= 11 is 0. The van der Waals surface area contributed by atoms with Gasteiger partial charge in [0, 0.05) is 6.54 Å². The molecule has 1 rings (SSSR count). The van der Waals surface area contributed by atoms with Gasteiger partial charge in [-0.1, -0.05) is 24.6 Å². The smallest absolute Gasteiger partial charge is 0.241 e. The lowest BCUT2D eigenvalue weighted by Gasteiger charge is -2.14. The molecule has 0 saturated heterocycles. The van der Waals surface area contributed by atoms with Crippen LogP contribution < -0.4 is 10.0 Å². The quantitative estimate of drug-likeness (QED) is 0.824. The third-order valence-electron chi connectivity index (χ3n) is 2.61. The van der Waals surface area contributed by atoms with Crippen molar-refractivity contribution in [3.63, 3.8) is 0 Å². The van der Waals surface area contributed by atoms with Gasteiger partial charge >= 0.3 is 0 Å². The Hall–Kier alpha value is -1.40. The van der Waals surface area contributed by atoms with Crippen LogP contribution in [0.25, 0.3) is 0 Å². The second-order valence-corrected chi connectivity index (χ2v) is 6.16. The number of carbonyl (C=O) groups excluding carboxylic acids is 1. The van der Waals surface area contributed by atoms with Gasteiger partial charge in [-0.05, 0) is 32.4 Å². The molecule has 5 nitrogen and oxygen atoms in total. The molecular formula is C13H20N2O3S. The summed E-state index contributed by atoms with van der Waals surface area (Å²) in [5.74, 6) is -0.322. The van der Waals surface area contributed by atoms with Gasteiger partial charge in [0.05, 0.1) is 10.9 Å². The molecule has 0 aliphatic heterocycles. The zero-order valence-corrected chi connectivity index (χ0v) is 12.3. The molecule has 0 aliphatic rings. The molecule has 2 N–H and O–H groups in total. The predicted octanol–water partition coefficient (Wildman–Crippen LogP) is 1.19. The van der Waals surface area contributed by atoms with Crippen LogP contribution in [0.1, 0.15) is 25.8 Å². The van der Waals surface area contributed by atoms with E-state index in [2.05, 4.69) is 10.0 Å². The highest BCUT2D eigenvalue weighted by Crippen LogP contribution is 2.10. The summed E-state index contributed by atoms with van der Waals surface area (Å²) in [6.45, 7) is 5.87. The lowest BCUT2D eigenvalue weighted by molar-refractivity contribution is -0.122. The van der Waals surface area contributed by atoms with Crippen LogP contribution in [0.2, 0.25) is 0 Å². The first kappa shape index (κ1) is 15.7. The van der Waals surface area contributed by atoms with Gasteiger partial charge < -0.3 is 5.32 Å². The first-order valence-corrected chi connectivity index (χ1v) is 7.72. The van der Waals surface area contributed by atoms with Crippen LogP contribution in [-0.4, -0.2) is 26.9 Å². The Balaban J connectivity index is 2.74. The molecule has 0 spiro atoms. The van der Waals surface area contributed by atoms with Crippen molar-refractivity contribution in [2.75, 3.05) is 6.54 Å². The molecule has 0 radical (unpaired) electrons. The predicted molar refractivity (Wildman–Crippen MR) is 74.3 cm³/mol. The zero-order valence-electron chi connectivity index (χ0n) is 11.4. The second kappa shape index (κ2) is 6.68. The molecule has 0 heterocycles. The SMILES string of the molecule is CCCNC(=O)[C@H](C)NS(=O)(=O)c1ccc(C)cc1. The fraction of sp³-hybridized carbons (Fsp3) is 0.462. The van der Waals surface area contributed by atoms with Crippen LogP contribution >= 0.6 is 0 Å². The van der Waals surface area contributed by atoms with Crippen LogP contribution in [0.15, 0.2) is 29.2 Å². The van der Waals surface area contributed by atoms with E-state index in [1.54, 1.807) is 12.1 Å². The number of nitrogens with one attached hydrogen (secondary N) is 2. The molecule has 6 heteroatoms. The van der Waals surface area contributed by atoms with Crippen molar-refractivity contribution < 1.29 is 13.2 Å². The number of rotatable bonds is 6. The molecular weight excluding hydrogens is 264 g/mol. The summed E-state index contributed by atoms with van der Waals surface area (Å²) in [7, 11) is -3.66. The first-order chi connectivity index (χ1) is 8.86. The van der Waals surface area contributed by atoms with E-state index in [0.29, 0.717) is 6.54 Å². The molecule has 106 valence electrons. The summed E-state index contributed by atoms with van der Waals surface area (Å²) in [5, 5.41) is 2.65. The van der Waals surface area contributed by atoms with Gasteiger partial charge in [0.2, 0.25) is 15.9 Å². The van der Waals surface area contributed by atoms with Gasteiger partial charge in [0.1, 0.15) is 0 Å². The molecule has 19 heavy (non-hydrogen) atoms. The highest BCUT2D eigenvalue weighted by Gasteiger charge is 2.21. The van der Waals surface area contributed by atoms with E-state index in [1.807, 2.05) is 13.8 Å². The summed E-state index contributed by atoms with van der Waals surface area (Å²) in [5.41, 5.74) is 0.979. The van der Waals surface area contributed by atoms with E-state index in [9.17, 15) is 13.2 Å². The Morgan fingerprint density at radius 1 is 1.26 bits per heavy atom. The Morgan fingerprint density at radius 3 is 2.37 bits per heavy atom. The number of hydrogen-bond acceptors (Lipinski definition) is 3. The Labute approximate surface area is 114 Å². The van der Waals surface area contributed by atoms with Crippen molar-refractivity contribution in [1.82, 2.24) is 10.0 Å². The maximum absolute atomic E-state index is 12.0. The third-order valence-corrected chi connectivity index (χ3v) is 4.16. The zero-order chi connectivity index (χ0) is 14.5. The van der Waals surface area contributed by atoms with Crippen LogP contribution in [0.5, 0.6) is 0 Å². The highest BCUT2D eigenvalue weighted by atomic mass is 32.2. The summed E-state index contributed by atoms with van der Waals surface area (Å²) < 4.78 is 26.4. The van der Waals surface area contributed by atoms with Crippen molar-refractivity contribution in [2.45, 2.75) is 38.1 Å². The maximum Gasteiger partial charge on any atom is 0.241 e. The molecule has 0 fully saturated rings. The molecule has 0 saturated carbocycles. The summed E-state index contributed by atoms with van der Waals surface area (Å²) in [4.78, 5) is 11.8. The van der Waals surface area contributed by atoms with E-state index in [-0.39, 0.29) is 10.8 Å². The van der Waals surface area contributed by atoms with Gasteiger partial charge in [-0.3, -0.25) is 4.79 Å². The lowest BCUT2D eigenvalue weighted by atomic mass is 10.2. The largest absolute Gasteiger partial charge is 0.355 e. The number of aryl methyl sites for hydroxylation is 1. The Morgan fingerprint density at radius 2 is 1.84 bits per heavy atom. The molecule has 0 bridgehead atoms. The minimum absolute atomic E-state index is 0.160. The maximum atomic E-state index is 12.0. The van der Waals surface area contributed by atoms with Crippen molar-refractivity contribution in [2.24, 2.45) is 0 Å². The summed E-state index contributed by atoms with van der Waals surface area (Å²) in [6, 6.07) is 5.69. The molecule has 0 aliphatic carbocycles. The average Bonchev–Trinajstić information content (AvgIpc) is 2.35. The number of benzene rings is 1. The average molecular weight is 284 g/mol. The van der Waals surface area contributed by atoms with Crippen LogP contribution in [0.3, 0.4) is 0 Å². The van der Waals surface area contributed by atoms with Gasteiger partial charge in [0.15, 0.2) is 0 Å². The summed E-state index contributed by atoms with van der Waals surface area (Å²) in [6.07, 6.45) is 0.809. The van der Waals surface area contributed by atoms with E-state index in [1.165, 1.54) is 19.1 Å². The van der Waals surface area contributed by atoms with Crippen LogP contribution in [0.4, 0.5) is 0 Å². The molecule has 1 aromatic rings. The topological polar surface area (TPSA) is 75.3 Å². The second-order valence-electron chi connectivity index (χ2n) is 4.45. The lowest BCUT2D eigenvalue weighted by Crippen LogP contribution is -2.44. The standard InChI is InChI=1S/C13H20N2O3S/c1-4-9-14-13(16)11(3)15-19(17,18)12-7-5-10(2)6-8-12/h5-8,11,15H,4,9H2,1-3H3,(H,14,16)/t11-/m0/s1. The number of amides is 1. The highest BCUT2D eigenvalue weighted by molar-refractivity contribution is 7.89. The fourth-order valence-electron chi connectivity index (χ4n) is 1.47.